The number of rotatable bonds is 2. The van der Waals surface area contributed by atoms with Gasteiger partial charge in [0, 0.05) is 6.04 Å². The zero-order valence-electron chi connectivity index (χ0n) is 6.89. The molecule has 2 nitrogen and oxygen atoms in total. The molecule has 0 aromatic carbocycles. The van der Waals surface area contributed by atoms with Gasteiger partial charge in [-0.3, -0.25) is 0 Å². The van der Waals surface area contributed by atoms with E-state index in [9.17, 15) is 0 Å². The lowest BCUT2D eigenvalue weighted by Gasteiger charge is -2.30. The molecule has 0 radical (unpaired) electrons. The fraction of sp³-hybridized carbons (Fsp3) is 0.857. The quantitative estimate of drug-likeness (QED) is 0.641. The normalized spacial score (nSPS) is 30.9. The molecule has 0 aromatic rings. The first-order chi connectivity index (χ1) is 5.22. The van der Waals surface area contributed by atoms with Gasteiger partial charge in [-0.2, -0.15) is 0 Å². The van der Waals surface area contributed by atoms with Crippen molar-refractivity contribution in [3.63, 3.8) is 0 Å². The van der Waals surface area contributed by atoms with Crippen molar-refractivity contribution in [3.8, 4) is 0 Å². The molecule has 64 valence electrons. The third-order valence-corrected chi connectivity index (χ3v) is 2.89. The van der Waals surface area contributed by atoms with Gasteiger partial charge in [0.25, 0.3) is 0 Å². The van der Waals surface area contributed by atoms with Crippen LogP contribution in [0.5, 0.6) is 0 Å². The largest absolute Gasteiger partial charge is 0.360 e. The van der Waals surface area contributed by atoms with E-state index < -0.39 is 0 Å². The topological polar surface area (TPSA) is 24.1 Å². The average Bonchev–Trinajstić information content (AvgIpc) is 1.85. The van der Waals surface area contributed by atoms with Crippen molar-refractivity contribution < 1.29 is 0 Å². The van der Waals surface area contributed by atoms with Gasteiger partial charge in [0.2, 0.25) is 0 Å². The molecule has 1 saturated heterocycles. The average molecular weight is 190 g/mol. The Morgan fingerprint density at radius 1 is 1.64 bits per heavy atom. The molecule has 11 heavy (non-hydrogen) atoms. The van der Waals surface area contributed by atoms with E-state index in [2.05, 4.69) is 24.5 Å². The summed E-state index contributed by atoms with van der Waals surface area (Å²) >= 11 is 6.96. The lowest BCUT2D eigenvalue weighted by molar-refractivity contribution is 0.528. The van der Waals surface area contributed by atoms with Crippen molar-refractivity contribution >= 4 is 29.1 Å². The van der Waals surface area contributed by atoms with Gasteiger partial charge >= 0.3 is 0 Å². The molecule has 1 rings (SSSR count). The zero-order chi connectivity index (χ0) is 8.27. The highest BCUT2D eigenvalue weighted by atomic mass is 32.2. The molecule has 0 spiro atoms. The highest BCUT2D eigenvalue weighted by Crippen LogP contribution is 2.15. The highest BCUT2D eigenvalue weighted by Gasteiger charge is 2.19. The second-order valence-electron chi connectivity index (χ2n) is 2.70. The minimum Gasteiger partial charge on any atom is -0.360 e. The van der Waals surface area contributed by atoms with Crippen LogP contribution in [0.25, 0.3) is 0 Å². The summed E-state index contributed by atoms with van der Waals surface area (Å²) in [5.74, 6) is 1.15. The third-order valence-electron chi connectivity index (χ3n) is 1.61. The van der Waals surface area contributed by atoms with Crippen LogP contribution in [0.2, 0.25) is 0 Å². The summed E-state index contributed by atoms with van der Waals surface area (Å²) in [7, 11) is 0. The molecule has 2 atom stereocenters. The fourth-order valence-corrected chi connectivity index (χ4v) is 2.61. The van der Waals surface area contributed by atoms with E-state index in [0.29, 0.717) is 11.4 Å². The van der Waals surface area contributed by atoms with E-state index in [4.69, 9.17) is 12.2 Å². The Morgan fingerprint density at radius 2 is 2.36 bits per heavy atom. The zero-order valence-corrected chi connectivity index (χ0v) is 8.52. The lowest BCUT2D eigenvalue weighted by Crippen LogP contribution is -2.52. The summed E-state index contributed by atoms with van der Waals surface area (Å²) < 4.78 is 0. The Bertz CT molecular complexity index is 149. The van der Waals surface area contributed by atoms with Crippen molar-refractivity contribution in [1.29, 1.82) is 0 Å². The first-order valence-corrected chi connectivity index (χ1v) is 5.36. The SMILES string of the molecule is CCS[C@@H]1C[C@@H](C)NC(=S)N1. The standard InChI is InChI=1S/C7H14N2S2/c1-3-11-6-4-5(2)8-7(10)9-6/h5-6H,3-4H2,1-2H3,(H2,8,9,10)/t5-,6-/m1/s1. The number of thioether (sulfide) groups is 1. The first-order valence-electron chi connectivity index (χ1n) is 3.91. The van der Waals surface area contributed by atoms with E-state index in [1.54, 1.807) is 0 Å². The summed E-state index contributed by atoms with van der Waals surface area (Å²) in [4.78, 5) is 0. The highest BCUT2D eigenvalue weighted by molar-refractivity contribution is 7.99. The third kappa shape index (κ3) is 2.87. The van der Waals surface area contributed by atoms with E-state index in [-0.39, 0.29) is 0 Å². The summed E-state index contributed by atoms with van der Waals surface area (Å²) in [6.07, 6.45) is 1.15. The van der Waals surface area contributed by atoms with Crippen molar-refractivity contribution in [2.45, 2.75) is 31.7 Å². The summed E-state index contributed by atoms with van der Waals surface area (Å²) in [6.45, 7) is 4.33. The minimum absolute atomic E-state index is 0.517. The smallest absolute Gasteiger partial charge is 0.167 e. The molecule has 0 saturated carbocycles. The molecule has 0 aromatic heterocycles. The molecule has 2 N–H and O–H groups in total. The maximum atomic E-state index is 5.04. The molecule has 4 heteroatoms. The van der Waals surface area contributed by atoms with Gasteiger partial charge in [0.15, 0.2) is 5.11 Å². The molecule has 0 unspecified atom stereocenters. The van der Waals surface area contributed by atoms with Crippen molar-refractivity contribution in [1.82, 2.24) is 10.6 Å². The Morgan fingerprint density at radius 3 is 2.91 bits per heavy atom. The monoisotopic (exact) mass is 190 g/mol. The molecule has 1 heterocycles. The summed E-state index contributed by atoms with van der Waals surface area (Å²) in [5.41, 5.74) is 0. The fourth-order valence-electron chi connectivity index (χ4n) is 1.16. The van der Waals surface area contributed by atoms with Crippen LogP contribution >= 0.6 is 24.0 Å². The first kappa shape index (κ1) is 9.13. The Labute approximate surface area is 77.5 Å². The van der Waals surface area contributed by atoms with Gasteiger partial charge in [-0.25, -0.2) is 0 Å². The minimum atomic E-state index is 0.517. The number of nitrogens with one attached hydrogen (secondary N) is 2. The maximum absolute atomic E-state index is 5.04. The second-order valence-corrected chi connectivity index (χ2v) is 4.59. The van der Waals surface area contributed by atoms with E-state index >= 15 is 0 Å². The second kappa shape index (κ2) is 4.16. The summed E-state index contributed by atoms with van der Waals surface area (Å²) in [6, 6.07) is 0.521. The maximum Gasteiger partial charge on any atom is 0.167 e. The van der Waals surface area contributed by atoms with Crippen LogP contribution in [-0.4, -0.2) is 22.3 Å². The number of hydrogen-bond donors (Lipinski definition) is 2. The predicted molar refractivity (Wildman–Crippen MR) is 54.9 cm³/mol. The van der Waals surface area contributed by atoms with Crippen LogP contribution in [0.1, 0.15) is 20.3 Å². The lowest BCUT2D eigenvalue weighted by atomic mass is 10.2. The Hall–Kier alpha value is 0.0400. The Kier molecular flexibility index (Phi) is 3.45. The van der Waals surface area contributed by atoms with Gasteiger partial charge < -0.3 is 10.6 Å². The molecule has 1 aliphatic rings. The van der Waals surface area contributed by atoms with Crippen molar-refractivity contribution in [2.24, 2.45) is 0 Å². The number of thiocarbonyl (C=S) groups is 1. The molecular formula is C7H14N2S2. The van der Waals surface area contributed by atoms with E-state index in [0.717, 1.165) is 17.3 Å². The van der Waals surface area contributed by atoms with Crippen LogP contribution in [0.4, 0.5) is 0 Å². The van der Waals surface area contributed by atoms with Gasteiger partial charge in [-0.05, 0) is 31.3 Å². The summed E-state index contributed by atoms with van der Waals surface area (Å²) in [5, 5.41) is 7.72. The Balaban J connectivity index is 2.36. The van der Waals surface area contributed by atoms with Crippen LogP contribution in [0.3, 0.4) is 0 Å². The molecular weight excluding hydrogens is 176 g/mol. The van der Waals surface area contributed by atoms with Crippen LogP contribution in [-0.2, 0) is 0 Å². The van der Waals surface area contributed by atoms with Gasteiger partial charge in [0.1, 0.15) is 0 Å². The molecule has 0 aliphatic carbocycles. The predicted octanol–water partition coefficient (Wildman–Crippen LogP) is 1.32. The van der Waals surface area contributed by atoms with E-state index in [1.807, 2.05) is 11.8 Å². The van der Waals surface area contributed by atoms with Crippen LogP contribution in [0, 0.1) is 0 Å². The van der Waals surface area contributed by atoms with Crippen molar-refractivity contribution in [3.05, 3.63) is 0 Å². The molecule has 1 aliphatic heterocycles. The van der Waals surface area contributed by atoms with Gasteiger partial charge in [-0.15, -0.1) is 11.8 Å². The van der Waals surface area contributed by atoms with Gasteiger partial charge in [0.05, 0.1) is 5.37 Å². The van der Waals surface area contributed by atoms with Gasteiger partial charge in [-0.1, -0.05) is 6.92 Å². The molecule has 0 amide bonds. The number of hydrogen-bond acceptors (Lipinski definition) is 2. The van der Waals surface area contributed by atoms with E-state index in [1.165, 1.54) is 0 Å². The van der Waals surface area contributed by atoms with Crippen LogP contribution < -0.4 is 10.6 Å². The molecule has 0 bridgehead atoms. The van der Waals surface area contributed by atoms with Crippen molar-refractivity contribution in [2.75, 3.05) is 5.75 Å². The molecule has 1 fully saturated rings. The van der Waals surface area contributed by atoms with Crippen LogP contribution in [0.15, 0.2) is 0 Å².